The van der Waals surface area contributed by atoms with Gasteiger partial charge in [-0.25, -0.2) is 0 Å². The van der Waals surface area contributed by atoms with Gasteiger partial charge in [0.05, 0.1) is 7.11 Å². The Hall–Kier alpha value is -0.980. The van der Waals surface area contributed by atoms with E-state index >= 15 is 0 Å². The van der Waals surface area contributed by atoms with Crippen LogP contribution in [0.2, 0.25) is 0 Å². The molecule has 58 valence electrons. The number of rotatable bonds is 1. The normalized spacial score (nSPS) is 21.7. The molecule has 0 saturated carbocycles. The Bertz CT molecular complexity index is 256. The Kier molecular flexibility index (Phi) is 1.57. The molecule has 1 nitrogen and oxygen atoms in total. The average Bonchev–Trinajstić information content (AvgIpc) is 2.50. The smallest absolute Gasteiger partial charge is 0.122 e. The zero-order valence-electron chi connectivity index (χ0n) is 6.76. The minimum absolute atomic E-state index is 1.07. The van der Waals surface area contributed by atoms with Crippen LogP contribution in [-0.2, 0) is 4.74 Å². The van der Waals surface area contributed by atoms with E-state index < -0.39 is 0 Å². The number of allylic oxidation sites excluding steroid dienone is 5. The standard InChI is InChI=1S/C10H12O/c1-11-10-7-3-5-8-4-2-6-9(8)10/h3-4,7H,2,5-6H2,1H3. The molecule has 0 amide bonds. The summed E-state index contributed by atoms with van der Waals surface area (Å²) in [6, 6.07) is 0. The molecule has 2 aliphatic carbocycles. The van der Waals surface area contributed by atoms with Crippen molar-refractivity contribution in [3.8, 4) is 0 Å². The van der Waals surface area contributed by atoms with Crippen molar-refractivity contribution in [2.45, 2.75) is 19.3 Å². The van der Waals surface area contributed by atoms with Crippen molar-refractivity contribution in [3.05, 3.63) is 35.1 Å². The maximum atomic E-state index is 5.26. The molecular weight excluding hydrogens is 136 g/mol. The second kappa shape index (κ2) is 2.57. The molecule has 2 aliphatic rings. The third kappa shape index (κ3) is 1.01. The Morgan fingerprint density at radius 2 is 2.36 bits per heavy atom. The second-order valence-electron chi connectivity index (χ2n) is 2.92. The molecule has 0 saturated heterocycles. The minimum atomic E-state index is 1.07. The SMILES string of the molecule is COC1=C2CCC=C2CC=C1. The summed E-state index contributed by atoms with van der Waals surface area (Å²) >= 11 is 0. The van der Waals surface area contributed by atoms with Crippen LogP contribution in [0.15, 0.2) is 35.1 Å². The lowest BCUT2D eigenvalue weighted by Gasteiger charge is -2.12. The minimum Gasteiger partial charge on any atom is -0.496 e. The second-order valence-corrected chi connectivity index (χ2v) is 2.92. The van der Waals surface area contributed by atoms with Crippen LogP contribution in [0, 0.1) is 0 Å². The molecule has 0 bridgehead atoms. The van der Waals surface area contributed by atoms with E-state index in [9.17, 15) is 0 Å². The van der Waals surface area contributed by atoms with Crippen LogP contribution in [0.25, 0.3) is 0 Å². The first-order valence-corrected chi connectivity index (χ1v) is 4.05. The predicted octanol–water partition coefficient (Wildman–Crippen LogP) is 2.57. The van der Waals surface area contributed by atoms with Crippen LogP contribution in [0.1, 0.15) is 19.3 Å². The summed E-state index contributed by atoms with van der Waals surface area (Å²) in [4.78, 5) is 0. The molecule has 0 aromatic carbocycles. The van der Waals surface area contributed by atoms with Crippen molar-refractivity contribution in [1.29, 1.82) is 0 Å². The molecule has 0 spiro atoms. The van der Waals surface area contributed by atoms with E-state index in [0.29, 0.717) is 0 Å². The Balaban J connectivity index is 2.39. The molecule has 0 aromatic rings. The van der Waals surface area contributed by atoms with Crippen molar-refractivity contribution < 1.29 is 4.74 Å². The van der Waals surface area contributed by atoms with Gasteiger partial charge in [0.1, 0.15) is 5.76 Å². The van der Waals surface area contributed by atoms with Gasteiger partial charge in [-0.05, 0) is 36.5 Å². The third-order valence-corrected chi connectivity index (χ3v) is 2.30. The lowest BCUT2D eigenvalue weighted by molar-refractivity contribution is 0.301. The van der Waals surface area contributed by atoms with Crippen molar-refractivity contribution in [2.75, 3.05) is 7.11 Å². The van der Waals surface area contributed by atoms with Crippen LogP contribution in [-0.4, -0.2) is 7.11 Å². The van der Waals surface area contributed by atoms with Crippen LogP contribution < -0.4 is 0 Å². The average molecular weight is 148 g/mol. The summed E-state index contributed by atoms with van der Waals surface area (Å²) in [6.07, 6.45) is 10.0. The van der Waals surface area contributed by atoms with Crippen LogP contribution in [0.4, 0.5) is 0 Å². The molecular formula is C10H12O. The van der Waals surface area contributed by atoms with Gasteiger partial charge in [0, 0.05) is 0 Å². The highest BCUT2D eigenvalue weighted by Gasteiger charge is 2.17. The summed E-state index contributed by atoms with van der Waals surface area (Å²) in [5.41, 5.74) is 2.90. The lowest BCUT2D eigenvalue weighted by atomic mass is 10.00. The van der Waals surface area contributed by atoms with Crippen molar-refractivity contribution in [2.24, 2.45) is 0 Å². The van der Waals surface area contributed by atoms with E-state index in [1.807, 2.05) is 0 Å². The number of hydrogen-bond donors (Lipinski definition) is 0. The van der Waals surface area contributed by atoms with Gasteiger partial charge in [-0.3, -0.25) is 0 Å². The van der Waals surface area contributed by atoms with E-state index in [1.54, 1.807) is 7.11 Å². The highest BCUT2D eigenvalue weighted by Crippen LogP contribution is 2.33. The monoisotopic (exact) mass is 148 g/mol. The maximum Gasteiger partial charge on any atom is 0.122 e. The number of fused-ring (bicyclic) bond motifs is 1. The molecule has 0 fully saturated rings. The van der Waals surface area contributed by atoms with Gasteiger partial charge in [-0.15, -0.1) is 0 Å². The molecule has 0 N–H and O–H groups in total. The van der Waals surface area contributed by atoms with Gasteiger partial charge in [-0.2, -0.15) is 0 Å². The van der Waals surface area contributed by atoms with Gasteiger partial charge in [0.15, 0.2) is 0 Å². The van der Waals surface area contributed by atoms with E-state index in [4.69, 9.17) is 4.74 Å². The summed E-state index contributed by atoms with van der Waals surface area (Å²) in [5, 5.41) is 0. The summed E-state index contributed by atoms with van der Waals surface area (Å²) in [5.74, 6) is 1.07. The number of methoxy groups -OCH3 is 1. The number of ether oxygens (including phenoxy) is 1. The van der Waals surface area contributed by atoms with Crippen LogP contribution in [0.3, 0.4) is 0 Å². The molecule has 2 rings (SSSR count). The highest BCUT2D eigenvalue weighted by molar-refractivity contribution is 5.45. The summed E-state index contributed by atoms with van der Waals surface area (Å²) in [7, 11) is 1.74. The predicted molar refractivity (Wildman–Crippen MR) is 45.1 cm³/mol. The summed E-state index contributed by atoms with van der Waals surface area (Å²) < 4.78 is 5.26. The first-order chi connectivity index (χ1) is 5.42. The van der Waals surface area contributed by atoms with E-state index in [2.05, 4.69) is 18.2 Å². The highest BCUT2D eigenvalue weighted by atomic mass is 16.5. The molecule has 1 heteroatoms. The van der Waals surface area contributed by atoms with E-state index in [1.165, 1.54) is 24.0 Å². The molecule has 11 heavy (non-hydrogen) atoms. The fourth-order valence-corrected chi connectivity index (χ4v) is 1.75. The van der Waals surface area contributed by atoms with Crippen molar-refractivity contribution in [1.82, 2.24) is 0 Å². The van der Waals surface area contributed by atoms with Crippen molar-refractivity contribution >= 4 is 0 Å². The van der Waals surface area contributed by atoms with Gasteiger partial charge >= 0.3 is 0 Å². The van der Waals surface area contributed by atoms with E-state index in [0.717, 1.165) is 12.2 Å². The van der Waals surface area contributed by atoms with Gasteiger partial charge in [0.2, 0.25) is 0 Å². The zero-order chi connectivity index (χ0) is 7.68. The molecule has 0 radical (unpaired) electrons. The Morgan fingerprint density at radius 3 is 3.18 bits per heavy atom. The number of hydrogen-bond acceptors (Lipinski definition) is 1. The fraction of sp³-hybridized carbons (Fsp3) is 0.400. The maximum absolute atomic E-state index is 5.26. The van der Waals surface area contributed by atoms with Gasteiger partial charge < -0.3 is 4.74 Å². The topological polar surface area (TPSA) is 9.23 Å². The summed E-state index contributed by atoms with van der Waals surface area (Å²) in [6.45, 7) is 0. The zero-order valence-corrected chi connectivity index (χ0v) is 6.76. The molecule has 0 unspecified atom stereocenters. The third-order valence-electron chi connectivity index (χ3n) is 2.30. The Labute approximate surface area is 67.1 Å². The van der Waals surface area contributed by atoms with Gasteiger partial charge in [0.25, 0.3) is 0 Å². The molecule has 0 aliphatic heterocycles. The first-order valence-electron chi connectivity index (χ1n) is 4.05. The molecule has 0 atom stereocenters. The quantitative estimate of drug-likeness (QED) is 0.555. The van der Waals surface area contributed by atoms with Crippen molar-refractivity contribution in [3.63, 3.8) is 0 Å². The van der Waals surface area contributed by atoms with Crippen LogP contribution in [0.5, 0.6) is 0 Å². The van der Waals surface area contributed by atoms with Gasteiger partial charge in [-0.1, -0.05) is 12.2 Å². The Morgan fingerprint density at radius 1 is 1.45 bits per heavy atom. The largest absolute Gasteiger partial charge is 0.496 e. The van der Waals surface area contributed by atoms with Crippen LogP contribution >= 0.6 is 0 Å². The first kappa shape index (κ1) is 6.71. The molecule has 0 aromatic heterocycles. The molecule has 0 heterocycles. The fourth-order valence-electron chi connectivity index (χ4n) is 1.75. The van der Waals surface area contributed by atoms with E-state index in [-0.39, 0.29) is 0 Å². The lowest BCUT2D eigenvalue weighted by Crippen LogP contribution is -1.96.